The van der Waals surface area contributed by atoms with Crippen LogP contribution in [0.5, 0.6) is 0 Å². The first-order valence-corrected chi connectivity index (χ1v) is 14.1. The van der Waals surface area contributed by atoms with Gasteiger partial charge in [-0.05, 0) is 56.1 Å². The van der Waals surface area contributed by atoms with Gasteiger partial charge in [-0.25, -0.2) is 4.57 Å². The number of hydrogen-bond donors (Lipinski definition) is 3. The van der Waals surface area contributed by atoms with Crippen molar-refractivity contribution in [1.82, 2.24) is 0 Å². The second-order valence-corrected chi connectivity index (χ2v) is 12.6. The minimum atomic E-state index is -4.86. The number of ketones is 2. The van der Waals surface area contributed by atoms with Crippen LogP contribution >= 0.6 is 7.82 Å². The number of aliphatic hydroxyl groups is 1. The molecule has 0 aromatic carbocycles. The molecule has 9 nitrogen and oxygen atoms in total. The largest absolute Gasteiger partial charge is 0.470 e. The van der Waals surface area contributed by atoms with Crippen molar-refractivity contribution >= 4 is 19.4 Å². The summed E-state index contributed by atoms with van der Waals surface area (Å²) in [6, 6.07) is 0. The molecule has 0 amide bonds. The van der Waals surface area contributed by atoms with Crippen molar-refractivity contribution in [1.29, 1.82) is 0 Å². The van der Waals surface area contributed by atoms with E-state index < -0.39 is 55.1 Å². The fourth-order valence-electron chi connectivity index (χ4n) is 8.26. The fraction of sp³-hybridized carbons (Fsp3) is 0.760. The Bertz CT molecular complexity index is 1030. The lowest BCUT2D eigenvalue weighted by Crippen LogP contribution is -2.63. The number of ether oxygens (including phenoxy) is 2. The average Bonchev–Trinajstić information content (AvgIpc) is 3.24. The van der Waals surface area contributed by atoms with Gasteiger partial charge in [0.05, 0.1) is 12.2 Å². The van der Waals surface area contributed by atoms with E-state index in [9.17, 15) is 29.0 Å². The van der Waals surface area contributed by atoms with Crippen molar-refractivity contribution in [2.45, 2.75) is 83.4 Å². The number of allylic oxidation sites excluding steroid dienone is 4. The number of phosphoric acid groups is 1. The Hall–Kier alpha value is -1.19. The summed E-state index contributed by atoms with van der Waals surface area (Å²) in [7, 11) is -4.86. The van der Waals surface area contributed by atoms with Crippen LogP contribution in [0.4, 0.5) is 0 Å². The zero-order chi connectivity index (χ0) is 25.4. The molecule has 3 saturated carbocycles. The number of carbonyl (C=O) groups excluding carboxylic acids is 2. The molecule has 0 spiro atoms. The van der Waals surface area contributed by atoms with Gasteiger partial charge in [0.15, 0.2) is 23.5 Å². The molecule has 1 heterocycles. The highest BCUT2D eigenvalue weighted by Crippen LogP contribution is 2.69. The van der Waals surface area contributed by atoms with E-state index in [-0.39, 0.29) is 30.0 Å². The van der Waals surface area contributed by atoms with Crippen molar-refractivity contribution in [3.05, 3.63) is 23.8 Å². The van der Waals surface area contributed by atoms with Gasteiger partial charge in [-0.3, -0.25) is 14.1 Å². The summed E-state index contributed by atoms with van der Waals surface area (Å²) in [5.41, 5.74) is -1.65. The Morgan fingerprint density at radius 1 is 1.31 bits per heavy atom. The van der Waals surface area contributed by atoms with Crippen LogP contribution in [-0.4, -0.2) is 57.2 Å². The summed E-state index contributed by atoms with van der Waals surface area (Å²) >= 11 is 0. The second kappa shape index (κ2) is 8.42. The van der Waals surface area contributed by atoms with E-state index in [1.165, 1.54) is 0 Å². The summed E-state index contributed by atoms with van der Waals surface area (Å²) < 4.78 is 28.7. The third-order valence-electron chi connectivity index (χ3n) is 9.59. The number of carbonyl (C=O) groups is 2. The predicted octanol–water partition coefficient (Wildman–Crippen LogP) is 2.83. The van der Waals surface area contributed by atoms with Crippen LogP contribution < -0.4 is 0 Å². The molecule has 1 aliphatic heterocycles. The number of rotatable bonds is 6. The molecular weight excluding hydrogens is 475 g/mol. The van der Waals surface area contributed by atoms with E-state index in [4.69, 9.17) is 9.47 Å². The van der Waals surface area contributed by atoms with E-state index in [0.29, 0.717) is 12.8 Å². The van der Waals surface area contributed by atoms with Crippen LogP contribution in [0.25, 0.3) is 0 Å². The molecule has 1 saturated heterocycles. The molecule has 0 aromatic heterocycles. The van der Waals surface area contributed by atoms with E-state index >= 15 is 0 Å². The minimum absolute atomic E-state index is 0.00751. The van der Waals surface area contributed by atoms with Crippen LogP contribution in [0.3, 0.4) is 0 Å². The van der Waals surface area contributed by atoms with E-state index in [1.807, 2.05) is 19.9 Å². The molecule has 35 heavy (non-hydrogen) atoms. The van der Waals surface area contributed by atoms with Crippen LogP contribution in [0.15, 0.2) is 23.8 Å². The molecule has 0 aromatic rings. The van der Waals surface area contributed by atoms with Crippen molar-refractivity contribution in [3.8, 4) is 0 Å². The summed E-state index contributed by atoms with van der Waals surface area (Å²) in [5, 5.41) is 11.6. The maximum absolute atomic E-state index is 13.7. The molecule has 5 aliphatic rings. The van der Waals surface area contributed by atoms with Gasteiger partial charge >= 0.3 is 7.82 Å². The molecule has 4 fully saturated rings. The van der Waals surface area contributed by atoms with Crippen molar-refractivity contribution in [3.63, 3.8) is 0 Å². The van der Waals surface area contributed by atoms with Crippen LogP contribution in [0, 0.1) is 28.6 Å². The first-order chi connectivity index (χ1) is 16.4. The lowest BCUT2D eigenvalue weighted by atomic mass is 9.46. The van der Waals surface area contributed by atoms with Gasteiger partial charge in [0.25, 0.3) is 0 Å². The van der Waals surface area contributed by atoms with Gasteiger partial charge in [0.1, 0.15) is 6.61 Å². The van der Waals surface area contributed by atoms with Gasteiger partial charge in [-0.1, -0.05) is 38.8 Å². The third-order valence-corrected chi connectivity index (χ3v) is 10.1. The molecule has 194 valence electrons. The maximum atomic E-state index is 13.7. The summed E-state index contributed by atoms with van der Waals surface area (Å²) in [6.45, 7) is 5.24. The molecular formula is C25H35O9P. The maximum Gasteiger partial charge on any atom is 0.470 e. The number of phosphoric ester groups is 1. The Labute approximate surface area is 205 Å². The van der Waals surface area contributed by atoms with Crippen molar-refractivity contribution in [2.24, 2.45) is 28.6 Å². The van der Waals surface area contributed by atoms with Gasteiger partial charge in [0.2, 0.25) is 0 Å². The van der Waals surface area contributed by atoms with Gasteiger partial charge in [0, 0.05) is 16.7 Å². The number of aliphatic hydroxyl groups excluding tert-OH is 1. The monoisotopic (exact) mass is 510 g/mol. The Morgan fingerprint density at radius 2 is 2.06 bits per heavy atom. The second-order valence-electron chi connectivity index (χ2n) is 11.3. The smallest absolute Gasteiger partial charge is 0.393 e. The zero-order valence-electron chi connectivity index (χ0n) is 20.4. The van der Waals surface area contributed by atoms with Gasteiger partial charge in [-0.15, -0.1) is 0 Å². The normalized spacial score (nSPS) is 46.5. The number of hydrogen-bond acceptors (Lipinski definition) is 7. The summed E-state index contributed by atoms with van der Waals surface area (Å²) in [4.78, 5) is 44.2. The molecule has 4 aliphatic carbocycles. The van der Waals surface area contributed by atoms with Crippen LogP contribution in [0.2, 0.25) is 0 Å². The van der Waals surface area contributed by atoms with Gasteiger partial charge < -0.3 is 24.4 Å². The predicted molar refractivity (Wildman–Crippen MR) is 124 cm³/mol. The molecule has 9 atom stereocenters. The molecule has 10 heteroatoms. The minimum Gasteiger partial charge on any atom is -0.393 e. The topological polar surface area (TPSA) is 140 Å². The number of fused-ring (bicyclic) bond motifs is 7. The SMILES string of the molecule is CCC[C@@H]1O[C@@H]2C[C@H]3[C@@H]4CCC5=CC(=O)C=C[C@]5(C)[C@H]4[C@@H](O)C[C@]3(C)[C@]2(C(=O)COP(=O)(O)O)O1. The lowest BCUT2D eigenvalue weighted by Gasteiger charge is -2.59. The first-order valence-electron chi connectivity index (χ1n) is 12.5. The van der Waals surface area contributed by atoms with Crippen LogP contribution in [0.1, 0.15) is 59.3 Å². The molecule has 3 N–H and O–H groups in total. The molecule has 0 bridgehead atoms. The zero-order valence-corrected chi connectivity index (χ0v) is 21.3. The lowest BCUT2D eigenvalue weighted by molar-refractivity contribution is -0.200. The van der Waals surface area contributed by atoms with Gasteiger partial charge in [-0.2, -0.15) is 0 Å². The molecule has 5 rings (SSSR count). The van der Waals surface area contributed by atoms with E-state index in [2.05, 4.69) is 11.4 Å². The summed E-state index contributed by atoms with van der Waals surface area (Å²) in [6.07, 6.45) is 7.01. The van der Waals surface area contributed by atoms with Crippen molar-refractivity contribution < 1.29 is 43.0 Å². The van der Waals surface area contributed by atoms with E-state index in [0.717, 1.165) is 24.8 Å². The average molecular weight is 511 g/mol. The van der Waals surface area contributed by atoms with Crippen molar-refractivity contribution in [2.75, 3.05) is 6.61 Å². The Kier molecular flexibility index (Phi) is 6.12. The highest BCUT2D eigenvalue weighted by atomic mass is 31.2. The Morgan fingerprint density at radius 3 is 2.74 bits per heavy atom. The summed E-state index contributed by atoms with van der Waals surface area (Å²) in [5.74, 6) is -0.634. The van der Waals surface area contributed by atoms with Crippen LogP contribution in [-0.2, 0) is 28.2 Å². The third kappa shape index (κ3) is 3.69. The fourth-order valence-corrected chi connectivity index (χ4v) is 8.54. The van der Waals surface area contributed by atoms with E-state index in [1.54, 1.807) is 12.2 Å². The molecule has 0 radical (unpaired) electrons. The number of Topliss-reactive ketones (excluding diaryl/α,β-unsaturated/α-hetero) is 1. The Balaban J connectivity index is 1.53. The standard InChI is InChI=1S/C25H35O9P/c1-4-5-21-33-20-11-17-16-7-6-14-10-15(26)8-9-23(14,2)22(16)18(27)12-24(17,3)25(20,34-21)19(28)13-32-35(29,30)31/h8-10,16-18,20-22,27H,4-7,11-13H2,1-3H3,(H2,29,30,31)/t16-,17-,18-,20+,21+,22+,23-,24-,25+/m0/s1. The highest BCUT2D eigenvalue weighted by molar-refractivity contribution is 7.46. The first kappa shape index (κ1) is 25.5. The molecule has 0 unspecified atom stereocenters. The highest BCUT2D eigenvalue weighted by Gasteiger charge is 2.75. The quantitative estimate of drug-likeness (QED) is 0.460.